The molecular weight excluding hydrogens is 308 g/mol. The summed E-state index contributed by atoms with van der Waals surface area (Å²) in [5.41, 5.74) is 3.71. The molecule has 3 aromatic heterocycles. The largest absolute Gasteiger partial charge is 0.332 e. The molecule has 4 rings (SSSR count). The number of rotatable bonds is 3. The first-order valence-corrected chi connectivity index (χ1v) is 8.30. The second kappa shape index (κ2) is 5.89. The van der Waals surface area contributed by atoms with Gasteiger partial charge in [-0.1, -0.05) is 6.07 Å². The van der Waals surface area contributed by atoms with Crippen LogP contribution in [0.15, 0.2) is 61.3 Å². The predicted molar refractivity (Wildman–Crippen MR) is 90.3 cm³/mol. The van der Waals surface area contributed by atoms with E-state index in [0.29, 0.717) is 5.56 Å². The van der Waals surface area contributed by atoms with Gasteiger partial charge in [0.2, 0.25) is 0 Å². The summed E-state index contributed by atoms with van der Waals surface area (Å²) in [4.78, 5) is 20.5. The minimum Gasteiger partial charge on any atom is -0.332 e. The Morgan fingerprint density at radius 2 is 2.00 bits per heavy atom. The molecule has 23 heavy (non-hydrogen) atoms. The Labute approximate surface area is 137 Å². The van der Waals surface area contributed by atoms with Crippen molar-refractivity contribution >= 4 is 23.4 Å². The lowest BCUT2D eigenvalue weighted by Gasteiger charge is -2.12. The van der Waals surface area contributed by atoms with Crippen molar-refractivity contribution in [2.45, 2.75) is 11.1 Å². The molecule has 114 valence electrons. The third-order valence-electron chi connectivity index (χ3n) is 3.80. The zero-order chi connectivity index (χ0) is 15.6. The number of hydrogen-bond donors (Lipinski definition) is 1. The molecule has 0 aromatic carbocycles. The van der Waals surface area contributed by atoms with Gasteiger partial charge < -0.3 is 9.88 Å². The van der Waals surface area contributed by atoms with Crippen molar-refractivity contribution in [2.75, 3.05) is 5.32 Å². The van der Waals surface area contributed by atoms with Crippen molar-refractivity contribution < 1.29 is 4.79 Å². The monoisotopic (exact) mass is 322 g/mol. The van der Waals surface area contributed by atoms with E-state index in [-0.39, 0.29) is 11.3 Å². The van der Waals surface area contributed by atoms with E-state index < -0.39 is 0 Å². The number of hydrogen-bond acceptors (Lipinski definition) is 4. The molecule has 0 aliphatic carbocycles. The maximum atomic E-state index is 12.3. The standard InChI is InChI=1S/C17H14N4OS/c22-16(12-3-1-6-18-9-12)20-14-5-8-21-15(14)11-23-17(21)13-4-2-7-19-10-13/h1-10,17H,11H2,(H,20,22). The smallest absolute Gasteiger partial charge is 0.257 e. The fraction of sp³-hybridized carbons (Fsp3) is 0.118. The van der Waals surface area contributed by atoms with Gasteiger partial charge in [0, 0.05) is 42.3 Å². The predicted octanol–water partition coefficient (Wildman–Crippen LogP) is 3.32. The molecule has 0 bridgehead atoms. The molecule has 1 amide bonds. The molecule has 4 heterocycles. The van der Waals surface area contributed by atoms with Gasteiger partial charge in [-0.05, 0) is 24.3 Å². The lowest BCUT2D eigenvalue weighted by molar-refractivity contribution is 0.102. The average molecular weight is 322 g/mol. The Balaban J connectivity index is 1.59. The van der Waals surface area contributed by atoms with Crippen molar-refractivity contribution in [3.8, 4) is 0 Å². The molecule has 0 saturated heterocycles. The molecule has 0 spiro atoms. The summed E-state index contributed by atoms with van der Waals surface area (Å²) in [7, 11) is 0. The van der Waals surface area contributed by atoms with E-state index in [1.54, 1.807) is 30.7 Å². The summed E-state index contributed by atoms with van der Waals surface area (Å²) < 4.78 is 2.19. The van der Waals surface area contributed by atoms with E-state index >= 15 is 0 Å². The van der Waals surface area contributed by atoms with Crippen molar-refractivity contribution in [3.63, 3.8) is 0 Å². The fourth-order valence-corrected chi connectivity index (χ4v) is 3.98. The van der Waals surface area contributed by atoms with Crippen LogP contribution < -0.4 is 5.32 Å². The Morgan fingerprint density at radius 3 is 2.74 bits per heavy atom. The van der Waals surface area contributed by atoms with Gasteiger partial charge in [-0.2, -0.15) is 0 Å². The van der Waals surface area contributed by atoms with Crippen LogP contribution in [0.5, 0.6) is 0 Å². The summed E-state index contributed by atoms with van der Waals surface area (Å²) in [6, 6.07) is 9.49. The van der Waals surface area contributed by atoms with E-state index in [2.05, 4.69) is 25.9 Å². The molecule has 6 heteroatoms. The van der Waals surface area contributed by atoms with Crippen LogP contribution in [0.1, 0.15) is 27.0 Å². The van der Waals surface area contributed by atoms with E-state index in [9.17, 15) is 4.79 Å². The third kappa shape index (κ3) is 2.61. The second-order valence-corrected chi connectivity index (χ2v) is 6.30. The zero-order valence-electron chi connectivity index (χ0n) is 12.2. The maximum absolute atomic E-state index is 12.3. The normalized spacial score (nSPS) is 16.1. The first-order valence-electron chi connectivity index (χ1n) is 7.25. The van der Waals surface area contributed by atoms with Crippen LogP contribution in [0.4, 0.5) is 5.69 Å². The number of thioether (sulfide) groups is 1. The van der Waals surface area contributed by atoms with Gasteiger partial charge in [0.1, 0.15) is 5.37 Å². The van der Waals surface area contributed by atoms with Crippen molar-refractivity contribution in [1.82, 2.24) is 14.5 Å². The molecule has 1 aliphatic heterocycles. The highest BCUT2D eigenvalue weighted by atomic mass is 32.2. The SMILES string of the molecule is O=C(Nc1ccn2c1CSC2c1cccnc1)c1cccnc1. The summed E-state index contributed by atoms with van der Waals surface area (Å²) in [5.74, 6) is 0.719. The number of carbonyl (C=O) groups is 1. The number of anilines is 1. The molecular formula is C17H14N4OS. The van der Waals surface area contributed by atoms with Crippen molar-refractivity contribution in [2.24, 2.45) is 0 Å². The average Bonchev–Trinajstić information content (AvgIpc) is 3.19. The van der Waals surface area contributed by atoms with Crippen molar-refractivity contribution in [3.05, 3.63) is 78.1 Å². The zero-order valence-corrected chi connectivity index (χ0v) is 13.0. The highest BCUT2D eigenvalue weighted by Crippen LogP contribution is 2.43. The molecule has 0 radical (unpaired) electrons. The number of nitrogens with one attached hydrogen (secondary N) is 1. The molecule has 1 aliphatic rings. The van der Waals surface area contributed by atoms with Gasteiger partial charge in [-0.25, -0.2) is 0 Å². The number of carbonyl (C=O) groups excluding carboxylic acids is 1. The fourth-order valence-electron chi connectivity index (χ4n) is 2.67. The number of pyridine rings is 2. The van der Waals surface area contributed by atoms with Crippen LogP contribution in [0.3, 0.4) is 0 Å². The lowest BCUT2D eigenvalue weighted by Crippen LogP contribution is -2.12. The van der Waals surface area contributed by atoms with Gasteiger partial charge in [0.25, 0.3) is 5.91 Å². The van der Waals surface area contributed by atoms with Crippen LogP contribution >= 0.6 is 11.8 Å². The van der Waals surface area contributed by atoms with Crippen LogP contribution in [0, 0.1) is 0 Å². The Morgan fingerprint density at radius 1 is 1.17 bits per heavy atom. The topological polar surface area (TPSA) is 59.8 Å². The van der Waals surface area contributed by atoms with Gasteiger partial charge in [-0.3, -0.25) is 14.8 Å². The summed E-state index contributed by atoms with van der Waals surface area (Å²) in [6.45, 7) is 0. The van der Waals surface area contributed by atoms with E-state index in [4.69, 9.17) is 0 Å². The number of fused-ring (bicyclic) bond motifs is 1. The van der Waals surface area contributed by atoms with Gasteiger partial charge in [0.15, 0.2) is 0 Å². The summed E-state index contributed by atoms with van der Waals surface area (Å²) in [5, 5.41) is 3.19. The Hall–Kier alpha value is -2.60. The Kier molecular flexibility index (Phi) is 3.59. The maximum Gasteiger partial charge on any atom is 0.257 e. The number of nitrogens with zero attached hydrogens (tertiary/aromatic N) is 3. The van der Waals surface area contributed by atoms with E-state index in [1.807, 2.05) is 36.3 Å². The van der Waals surface area contributed by atoms with Crippen LogP contribution in [-0.4, -0.2) is 20.4 Å². The highest BCUT2D eigenvalue weighted by molar-refractivity contribution is 7.99. The van der Waals surface area contributed by atoms with Crippen LogP contribution in [0.2, 0.25) is 0 Å². The highest BCUT2D eigenvalue weighted by Gasteiger charge is 2.26. The molecule has 0 saturated carbocycles. The third-order valence-corrected chi connectivity index (χ3v) is 5.05. The van der Waals surface area contributed by atoms with Crippen LogP contribution in [0.25, 0.3) is 0 Å². The number of aromatic nitrogens is 3. The first kappa shape index (κ1) is 14.0. The molecule has 1 unspecified atom stereocenters. The minimum atomic E-state index is -0.137. The quantitative estimate of drug-likeness (QED) is 0.803. The van der Waals surface area contributed by atoms with Gasteiger partial charge in [0.05, 0.1) is 16.9 Å². The minimum absolute atomic E-state index is 0.137. The molecule has 1 N–H and O–H groups in total. The lowest BCUT2D eigenvalue weighted by atomic mass is 10.2. The second-order valence-electron chi connectivity index (χ2n) is 5.23. The van der Waals surface area contributed by atoms with Crippen molar-refractivity contribution in [1.29, 1.82) is 0 Å². The van der Waals surface area contributed by atoms with Gasteiger partial charge >= 0.3 is 0 Å². The van der Waals surface area contributed by atoms with E-state index in [0.717, 1.165) is 22.7 Å². The van der Waals surface area contributed by atoms with Gasteiger partial charge in [-0.15, -0.1) is 11.8 Å². The molecule has 1 atom stereocenters. The molecule has 0 fully saturated rings. The Bertz CT molecular complexity index is 832. The molecule has 5 nitrogen and oxygen atoms in total. The summed E-state index contributed by atoms with van der Waals surface area (Å²) in [6.07, 6.45) is 8.91. The van der Waals surface area contributed by atoms with Crippen LogP contribution in [-0.2, 0) is 5.75 Å². The number of amides is 1. The summed E-state index contributed by atoms with van der Waals surface area (Å²) >= 11 is 1.83. The molecule has 3 aromatic rings. The van der Waals surface area contributed by atoms with E-state index in [1.165, 1.54) is 0 Å². The first-order chi connectivity index (χ1) is 11.3.